The highest BCUT2D eigenvalue weighted by Crippen LogP contribution is 2.03. The van der Waals surface area contributed by atoms with Gasteiger partial charge in [0.15, 0.2) is 0 Å². The lowest BCUT2D eigenvalue weighted by Gasteiger charge is -2.05. The van der Waals surface area contributed by atoms with Gasteiger partial charge in [-0.25, -0.2) is 0 Å². The second kappa shape index (κ2) is 6.23. The van der Waals surface area contributed by atoms with Crippen molar-refractivity contribution < 1.29 is 4.79 Å². The molecule has 0 saturated carbocycles. The predicted octanol–water partition coefficient (Wildman–Crippen LogP) is 2.92. The van der Waals surface area contributed by atoms with E-state index in [0.717, 1.165) is 24.1 Å². The first-order chi connectivity index (χ1) is 7.24. The van der Waals surface area contributed by atoms with E-state index in [1.165, 1.54) is 12.8 Å². The number of unbranched alkanes of at least 4 members (excludes halogenated alkanes) is 2. The van der Waals surface area contributed by atoms with E-state index < -0.39 is 0 Å². The van der Waals surface area contributed by atoms with Crippen LogP contribution in [-0.4, -0.2) is 12.5 Å². The molecule has 2 heteroatoms. The molecule has 0 spiro atoms. The minimum Gasteiger partial charge on any atom is -0.352 e. The fraction of sp³-hybridized carbons (Fsp3) is 0.462. The Morgan fingerprint density at radius 1 is 1.33 bits per heavy atom. The van der Waals surface area contributed by atoms with Gasteiger partial charge in [-0.15, -0.1) is 0 Å². The lowest BCUT2D eigenvalue weighted by atomic mass is 10.1. The monoisotopic (exact) mass is 205 g/mol. The van der Waals surface area contributed by atoms with Crippen molar-refractivity contribution in [3.63, 3.8) is 0 Å². The zero-order chi connectivity index (χ0) is 11.1. The number of rotatable bonds is 5. The van der Waals surface area contributed by atoms with Gasteiger partial charge in [-0.1, -0.05) is 37.5 Å². The Morgan fingerprint density at radius 3 is 2.80 bits per heavy atom. The quantitative estimate of drug-likeness (QED) is 0.736. The Balaban J connectivity index is 2.40. The highest BCUT2D eigenvalue weighted by molar-refractivity contribution is 5.94. The molecule has 1 aromatic rings. The molecule has 0 radical (unpaired) electrons. The standard InChI is InChI=1S/C13H19NO/c1-3-4-5-9-14-13(15)12-8-6-7-11(2)10-12/h6-8,10H,3-5,9H2,1-2H3,(H,14,15). The van der Waals surface area contributed by atoms with Crippen LogP contribution in [0.5, 0.6) is 0 Å². The summed E-state index contributed by atoms with van der Waals surface area (Å²) in [5, 5.41) is 2.92. The first kappa shape index (κ1) is 11.8. The topological polar surface area (TPSA) is 29.1 Å². The van der Waals surface area contributed by atoms with Crippen molar-refractivity contribution in [1.29, 1.82) is 0 Å². The van der Waals surface area contributed by atoms with E-state index in [2.05, 4.69) is 12.2 Å². The van der Waals surface area contributed by atoms with Crippen LogP contribution in [0.1, 0.15) is 42.1 Å². The minimum absolute atomic E-state index is 0.0369. The van der Waals surface area contributed by atoms with Crippen molar-refractivity contribution in [3.05, 3.63) is 35.4 Å². The zero-order valence-electron chi connectivity index (χ0n) is 9.55. The fourth-order valence-electron chi connectivity index (χ4n) is 1.47. The number of hydrogen-bond acceptors (Lipinski definition) is 1. The third-order valence-electron chi connectivity index (χ3n) is 2.35. The number of hydrogen-bond donors (Lipinski definition) is 1. The van der Waals surface area contributed by atoms with E-state index >= 15 is 0 Å². The van der Waals surface area contributed by atoms with Crippen molar-refractivity contribution in [1.82, 2.24) is 5.32 Å². The second-order valence-electron chi connectivity index (χ2n) is 3.83. The molecule has 0 heterocycles. The molecule has 2 nitrogen and oxygen atoms in total. The summed E-state index contributed by atoms with van der Waals surface area (Å²) < 4.78 is 0. The number of carbonyl (C=O) groups is 1. The average Bonchev–Trinajstić information content (AvgIpc) is 2.24. The Labute approximate surface area is 91.7 Å². The lowest BCUT2D eigenvalue weighted by Crippen LogP contribution is -2.24. The van der Waals surface area contributed by atoms with E-state index in [-0.39, 0.29) is 5.91 Å². The molecule has 0 fully saturated rings. The van der Waals surface area contributed by atoms with Gasteiger partial charge in [-0.3, -0.25) is 4.79 Å². The van der Waals surface area contributed by atoms with Gasteiger partial charge >= 0.3 is 0 Å². The molecule has 1 amide bonds. The molecular weight excluding hydrogens is 186 g/mol. The van der Waals surface area contributed by atoms with Crippen LogP contribution in [0.4, 0.5) is 0 Å². The molecule has 0 aromatic heterocycles. The third-order valence-corrected chi connectivity index (χ3v) is 2.35. The van der Waals surface area contributed by atoms with E-state index in [1.54, 1.807) is 0 Å². The summed E-state index contributed by atoms with van der Waals surface area (Å²) in [7, 11) is 0. The molecular formula is C13H19NO. The fourth-order valence-corrected chi connectivity index (χ4v) is 1.47. The molecule has 1 aromatic carbocycles. The molecule has 82 valence electrons. The molecule has 1 N–H and O–H groups in total. The van der Waals surface area contributed by atoms with Crippen LogP contribution in [0.15, 0.2) is 24.3 Å². The zero-order valence-corrected chi connectivity index (χ0v) is 9.55. The summed E-state index contributed by atoms with van der Waals surface area (Å²) in [6.45, 7) is 4.93. The summed E-state index contributed by atoms with van der Waals surface area (Å²) in [6, 6.07) is 7.67. The molecule has 0 atom stereocenters. The number of amides is 1. The molecule has 0 bridgehead atoms. The van der Waals surface area contributed by atoms with E-state index in [4.69, 9.17) is 0 Å². The smallest absolute Gasteiger partial charge is 0.251 e. The lowest BCUT2D eigenvalue weighted by molar-refractivity contribution is 0.0953. The van der Waals surface area contributed by atoms with E-state index in [0.29, 0.717) is 0 Å². The first-order valence-electron chi connectivity index (χ1n) is 5.59. The normalized spacial score (nSPS) is 10.0. The largest absolute Gasteiger partial charge is 0.352 e. The molecule has 0 aliphatic carbocycles. The number of aryl methyl sites for hydroxylation is 1. The summed E-state index contributed by atoms with van der Waals surface area (Å²) in [4.78, 5) is 11.6. The molecule has 0 aliphatic heterocycles. The molecule has 0 saturated heterocycles. The molecule has 1 rings (SSSR count). The highest BCUT2D eigenvalue weighted by atomic mass is 16.1. The summed E-state index contributed by atoms with van der Waals surface area (Å²) in [6.07, 6.45) is 3.42. The van der Waals surface area contributed by atoms with Gasteiger partial charge in [0.05, 0.1) is 0 Å². The Kier molecular flexibility index (Phi) is 4.88. The number of benzene rings is 1. The highest BCUT2D eigenvalue weighted by Gasteiger charge is 2.03. The van der Waals surface area contributed by atoms with Gasteiger partial charge in [-0.2, -0.15) is 0 Å². The maximum absolute atomic E-state index is 11.6. The van der Waals surface area contributed by atoms with E-state index in [1.807, 2.05) is 31.2 Å². The average molecular weight is 205 g/mol. The molecule has 0 aliphatic rings. The van der Waals surface area contributed by atoms with Crippen LogP contribution in [0.3, 0.4) is 0 Å². The summed E-state index contributed by atoms with van der Waals surface area (Å²) in [5.41, 5.74) is 1.88. The maximum atomic E-state index is 11.6. The first-order valence-corrected chi connectivity index (χ1v) is 5.59. The van der Waals surface area contributed by atoms with Gasteiger partial charge < -0.3 is 5.32 Å². The van der Waals surface area contributed by atoms with Crippen LogP contribution in [0, 0.1) is 6.92 Å². The van der Waals surface area contributed by atoms with Crippen LogP contribution in [0.2, 0.25) is 0 Å². The summed E-state index contributed by atoms with van der Waals surface area (Å²) >= 11 is 0. The van der Waals surface area contributed by atoms with Crippen molar-refractivity contribution in [2.45, 2.75) is 33.1 Å². The summed E-state index contributed by atoms with van der Waals surface area (Å²) in [5.74, 6) is 0.0369. The van der Waals surface area contributed by atoms with Crippen molar-refractivity contribution in [2.24, 2.45) is 0 Å². The van der Waals surface area contributed by atoms with E-state index in [9.17, 15) is 4.79 Å². The Bertz CT molecular complexity index is 320. The van der Waals surface area contributed by atoms with Gasteiger partial charge in [0, 0.05) is 12.1 Å². The Hall–Kier alpha value is -1.31. The van der Waals surface area contributed by atoms with Crippen molar-refractivity contribution >= 4 is 5.91 Å². The Morgan fingerprint density at radius 2 is 2.13 bits per heavy atom. The van der Waals surface area contributed by atoms with Gasteiger partial charge in [0.2, 0.25) is 0 Å². The minimum atomic E-state index is 0.0369. The van der Waals surface area contributed by atoms with Crippen LogP contribution < -0.4 is 5.32 Å². The number of nitrogens with one attached hydrogen (secondary N) is 1. The van der Waals surface area contributed by atoms with Gasteiger partial charge in [0.1, 0.15) is 0 Å². The van der Waals surface area contributed by atoms with Crippen molar-refractivity contribution in [2.75, 3.05) is 6.54 Å². The predicted molar refractivity (Wildman–Crippen MR) is 63.0 cm³/mol. The van der Waals surface area contributed by atoms with Crippen LogP contribution >= 0.6 is 0 Å². The maximum Gasteiger partial charge on any atom is 0.251 e. The number of carbonyl (C=O) groups excluding carboxylic acids is 1. The van der Waals surface area contributed by atoms with Gasteiger partial charge in [0.25, 0.3) is 5.91 Å². The van der Waals surface area contributed by atoms with Crippen molar-refractivity contribution in [3.8, 4) is 0 Å². The van der Waals surface area contributed by atoms with Gasteiger partial charge in [-0.05, 0) is 25.5 Å². The third kappa shape index (κ3) is 4.15. The SMILES string of the molecule is CCCCCNC(=O)c1cccc(C)c1. The van der Waals surface area contributed by atoms with Crippen LogP contribution in [-0.2, 0) is 0 Å². The second-order valence-corrected chi connectivity index (χ2v) is 3.83. The van der Waals surface area contributed by atoms with Crippen LogP contribution in [0.25, 0.3) is 0 Å². The molecule has 0 unspecified atom stereocenters. The molecule has 15 heavy (non-hydrogen) atoms.